The average molecular weight is 346 g/mol. The molecule has 8 heteroatoms. The number of non-ortho nitro benzene ring substituents is 1. The van der Waals surface area contributed by atoms with Crippen LogP contribution in [0.3, 0.4) is 0 Å². The summed E-state index contributed by atoms with van der Waals surface area (Å²) < 4.78 is 17.5. The number of nitro groups is 1. The normalized spacial score (nSPS) is 11.5. The van der Waals surface area contributed by atoms with E-state index in [9.17, 15) is 24.1 Å². The molecular weight excluding hydrogens is 331 g/mol. The van der Waals surface area contributed by atoms with Crippen molar-refractivity contribution < 1.29 is 23.6 Å². The third-order valence-electron chi connectivity index (χ3n) is 3.53. The minimum atomic E-state index is -0.788. The number of nitro benzene ring substituents is 1. The first-order valence-electron chi connectivity index (χ1n) is 7.26. The van der Waals surface area contributed by atoms with E-state index in [2.05, 4.69) is 10.1 Å². The molecule has 1 atom stereocenters. The number of ether oxygens (including phenoxy) is 1. The Morgan fingerprint density at radius 1 is 1.16 bits per heavy atom. The number of benzene rings is 2. The van der Waals surface area contributed by atoms with E-state index in [1.54, 1.807) is 6.92 Å². The lowest BCUT2D eigenvalue weighted by Crippen LogP contribution is -2.27. The maximum Gasteiger partial charge on any atom is 0.338 e. The summed E-state index contributed by atoms with van der Waals surface area (Å²) in [5.41, 5.74) is 0.107. The molecule has 1 amide bonds. The maximum atomic E-state index is 13.0. The van der Waals surface area contributed by atoms with Crippen LogP contribution in [0.15, 0.2) is 42.5 Å². The largest absolute Gasteiger partial charge is 0.465 e. The summed E-state index contributed by atoms with van der Waals surface area (Å²) in [6.45, 7) is 1.68. The molecule has 2 rings (SSSR count). The number of carbonyl (C=O) groups excluding carboxylic acids is 2. The van der Waals surface area contributed by atoms with Gasteiger partial charge in [0.1, 0.15) is 5.82 Å². The summed E-state index contributed by atoms with van der Waals surface area (Å²) in [7, 11) is 1.14. The third kappa shape index (κ3) is 4.37. The van der Waals surface area contributed by atoms with Gasteiger partial charge in [0.25, 0.3) is 11.6 Å². The summed E-state index contributed by atoms with van der Waals surface area (Å²) in [5.74, 6) is -1.79. The van der Waals surface area contributed by atoms with Gasteiger partial charge in [-0.2, -0.15) is 0 Å². The highest BCUT2D eigenvalue weighted by Crippen LogP contribution is 2.20. The van der Waals surface area contributed by atoms with Crippen LogP contribution in [0.1, 0.15) is 39.2 Å². The summed E-state index contributed by atoms with van der Waals surface area (Å²) >= 11 is 0. The van der Waals surface area contributed by atoms with Crippen LogP contribution >= 0.6 is 0 Å². The van der Waals surface area contributed by atoms with Crippen molar-refractivity contribution in [3.05, 3.63) is 75.1 Å². The number of carbonyl (C=O) groups is 2. The van der Waals surface area contributed by atoms with Crippen LogP contribution in [0.25, 0.3) is 0 Å². The fourth-order valence-corrected chi connectivity index (χ4v) is 2.20. The third-order valence-corrected chi connectivity index (χ3v) is 3.53. The van der Waals surface area contributed by atoms with Gasteiger partial charge in [0.05, 0.1) is 23.6 Å². The van der Waals surface area contributed by atoms with Gasteiger partial charge < -0.3 is 10.1 Å². The molecule has 0 saturated heterocycles. The van der Waals surface area contributed by atoms with Crippen molar-refractivity contribution in [2.24, 2.45) is 0 Å². The molecule has 0 bridgehead atoms. The highest BCUT2D eigenvalue weighted by atomic mass is 19.1. The van der Waals surface area contributed by atoms with Crippen LogP contribution < -0.4 is 5.32 Å². The lowest BCUT2D eigenvalue weighted by Gasteiger charge is -2.14. The number of nitrogens with one attached hydrogen (secondary N) is 1. The summed E-state index contributed by atoms with van der Waals surface area (Å²) in [5, 5.41) is 13.6. The van der Waals surface area contributed by atoms with E-state index >= 15 is 0 Å². The number of rotatable bonds is 5. The molecule has 0 radical (unpaired) electrons. The number of hydrogen-bond donors (Lipinski definition) is 1. The van der Waals surface area contributed by atoms with E-state index in [1.807, 2.05) is 0 Å². The van der Waals surface area contributed by atoms with Crippen LogP contribution in [0.5, 0.6) is 0 Å². The van der Waals surface area contributed by atoms with Crippen molar-refractivity contribution in [1.82, 2.24) is 5.32 Å². The Balaban J connectivity index is 2.28. The molecule has 2 aromatic carbocycles. The van der Waals surface area contributed by atoms with E-state index < -0.39 is 34.3 Å². The highest BCUT2D eigenvalue weighted by Gasteiger charge is 2.19. The first kappa shape index (κ1) is 18.1. The average Bonchev–Trinajstić information content (AvgIpc) is 2.60. The molecule has 0 unspecified atom stereocenters. The van der Waals surface area contributed by atoms with Gasteiger partial charge in [-0.1, -0.05) is 12.1 Å². The van der Waals surface area contributed by atoms with E-state index in [0.29, 0.717) is 5.56 Å². The molecule has 0 aliphatic rings. The van der Waals surface area contributed by atoms with Crippen LogP contribution in [-0.4, -0.2) is 23.9 Å². The van der Waals surface area contributed by atoms with E-state index in [4.69, 9.17) is 0 Å². The number of halogens is 1. The molecule has 1 N–H and O–H groups in total. The van der Waals surface area contributed by atoms with Crippen LogP contribution in [0, 0.1) is 15.9 Å². The second kappa shape index (κ2) is 7.52. The fraction of sp³-hybridized carbons (Fsp3) is 0.176. The van der Waals surface area contributed by atoms with Gasteiger partial charge >= 0.3 is 5.97 Å². The van der Waals surface area contributed by atoms with Crippen molar-refractivity contribution in [2.45, 2.75) is 13.0 Å². The van der Waals surface area contributed by atoms with Crippen molar-refractivity contribution in [3.8, 4) is 0 Å². The first-order valence-corrected chi connectivity index (χ1v) is 7.26. The van der Waals surface area contributed by atoms with Gasteiger partial charge in [0.15, 0.2) is 0 Å². The van der Waals surface area contributed by atoms with Gasteiger partial charge in [-0.15, -0.1) is 0 Å². The molecular formula is C17H15FN2O5. The zero-order chi connectivity index (χ0) is 18.6. The SMILES string of the molecule is COC(=O)c1cc(C(=O)N[C@@H](C)c2ccc(F)cc2)cc([N+](=O)[O-])c1. The Labute approximate surface area is 142 Å². The Morgan fingerprint density at radius 3 is 2.32 bits per heavy atom. The maximum absolute atomic E-state index is 13.0. The molecule has 0 heterocycles. The number of esters is 1. The lowest BCUT2D eigenvalue weighted by molar-refractivity contribution is -0.384. The van der Waals surface area contributed by atoms with Crippen molar-refractivity contribution in [2.75, 3.05) is 7.11 Å². The summed E-state index contributed by atoms with van der Waals surface area (Å²) in [4.78, 5) is 34.3. The van der Waals surface area contributed by atoms with Gasteiger partial charge in [0.2, 0.25) is 0 Å². The van der Waals surface area contributed by atoms with E-state index in [0.717, 1.165) is 19.2 Å². The molecule has 0 spiro atoms. The quantitative estimate of drug-likeness (QED) is 0.510. The molecule has 0 aliphatic heterocycles. The number of amides is 1. The molecule has 0 saturated carbocycles. The number of hydrogen-bond acceptors (Lipinski definition) is 5. The Hall–Kier alpha value is -3.29. The predicted molar refractivity (Wildman–Crippen MR) is 86.7 cm³/mol. The Bertz CT molecular complexity index is 820. The fourth-order valence-electron chi connectivity index (χ4n) is 2.20. The highest BCUT2D eigenvalue weighted by molar-refractivity contribution is 5.99. The monoisotopic (exact) mass is 346 g/mol. The van der Waals surface area contributed by atoms with E-state index in [1.165, 1.54) is 30.3 Å². The molecule has 130 valence electrons. The number of nitrogens with zero attached hydrogens (tertiary/aromatic N) is 1. The zero-order valence-electron chi connectivity index (χ0n) is 13.5. The molecule has 0 aliphatic carbocycles. The molecule has 25 heavy (non-hydrogen) atoms. The van der Waals surface area contributed by atoms with Crippen LogP contribution in [0.2, 0.25) is 0 Å². The second-order valence-corrected chi connectivity index (χ2v) is 5.26. The second-order valence-electron chi connectivity index (χ2n) is 5.26. The smallest absolute Gasteiger partial charge is 0.338 e. The minimum absolute atomic E-state index is 0.0523. The van der Waals surface area contributed by atoms with Crippen molar-refractivity contribution in [3.63, 3.8) is 0 Å². The number of methoxy groups -OCH3 is 1. The first-order chi connectivity index (χ1) is 11.8. The zero-order valence-corrected chi connectivity index (χ0v) is 13.5. The molecule has 0 aromatic heterocycles. The minimum Gasteiger partial charge on any atom is -0.465 e. The molecule has 2 aromatic rings. The van der Waals surface area contributed by atoms with Gasteiger partial charge in [0, 0.05) is 17.7 Å². The Kier molecular flexibility index (Phi) is 5.43. The lowest BCUT2D eigenvalue weighted by atomic mass is 10.1. The summed E-state index contributed by atoms with van der Waals surface area (Å²) in [6, 6.07) is 8.42. The predicted octanol–water partition coefficient (Wildman–Crippen LogP) is 3.01. The van der Waals surface area contributed by atoms with E-state index in [-0.39, 0.29) is 11.1 Å². The van der Waals surface area contributed by atoms with Crippen molar-refractivity contribution >= 4 is 17.6 Å². The van der Waals surface area contributed by atoms with Crippen LogP contribution in [-0.2, 0) is 4.74 Å². The Morgan fingerprint density at radius 2 is 1.76 bits per heavy atom. The topological polar surface area (TPSA) is 98.5 Å². The summed E-state index contributed by atoms with van der Waals surface area (Å²) in [6.07, 6.45) is 0. The molecule has 7 nitrogen and oxygen atoms in total. The standard InChI is InChI=1S/C17H15FN2O5/c1-10(11-3-5-14(18)6-4-11)19-16(21)12-7-13(17(22)25-2)9-15(8-12)20(23)24/h3-10H,1-2H3,(H,19,21)/t10-/m0/s1. The molecule has 0 fully saturated rings. The van der Waals surface area contributed by atoms with Crippen LogP contribution in [0.4, 0.5) is 10.1 Å². The van der Waals surface area contributed by atoms with Crippen molar-refractivity contribution in [1.29, 1.82) is 0 Å². The van der Waals surface area contributed by atoms with Gasteiger partial charge in [-0.25, -0.2) is 9.18 Å². The van der Waals surface area contributed by atoms with Gasteiger partial charge in [-0.05, 0) is 30.7 Å². The van der Waals surface area contributed by atoms with Gasteiger partial charge in [-0.3, -0.25) is 14.9 Å².